The fraction of sp³-hybridized carbons (Fsp3) is 0.500. The number of aromatic nitrogens is 2. The van der Waals surface area contributed by atoms with Gasteiger partial charge in [-0.25, -0.2) is 9.97 Å². The van der Waals surface area contributed by atoms with Gasteiger partial charge in [0.1, 0.15) is 0 Å². The van der Waals surface area contributed by atoms with Gasteiger partial charge in [-0.2, -0.15) is 0 Å². The maximum atomic E-state index is 8.13. The maximum absolute atomic E-state index is 8.13. The standard InChI is InChI=1S/C12H16N6/c13-17-16-6-2-1-5-11-9-14-12(15-10-11)18-7-3-4-8-18/h1,5,9-10H,2-4,6-8H2. The first kappa shape index (κ1) is 12.4. The molecule has 1 aromatic heterocycles. The summed E-state index contributed by atoms with van der Waals surface area (Å²) < 4.78 is 0. The lowest BCUT2D eigenvalue weighted by Crippen LogP contribution is -2.20. The molecule has 0 aromatic carbocycles. The summed E-state index contributed by atoms with van der Waals surface area (Å²) in [6.07, 6.45) is 10.7. The van der Waals surface area contributed by atoms with E-state index in [4.69, 9.17) is 5.53 Å². The van der Waals surface area contributed by atoms with E-state index in [1.807, 2.05) is 24.5 Å². The number of nitrogens with zero attached hydrogens (tertiary/aromatic N) is 6. The molecule has 1 aliphatic rings. The zero-order valence-corrected chi connectivity index (χ0v) is 10.2. The van der Waals surface area contributed by atoms with Crippen molar-refractivity contribution in [2.24, 2.45) is 5.11 Å². The molecular weight excluding hydrogens is 228 g/mol. The summed E-state index contributed by atoms with van der Waals surface area (Å²) in [5.41, 5.74) is 9.10. The largest absolute Gasteiger partial charge is 0.341 e. The fourth-order valence-electron chi connectivity index (χ4n) is 1.89. The molecule has 18 heavy (non-hydrogen) atoms. The van der Waals surface area contributed by atoms with Crippen LogP contribution in [0.1, 0.15) is 24.8 Å². The van der Waals surface area contributed by atoms with Gasteiger partial charge in [-0.1, -0.05) is 17.3 Å². The smallest absolute Gasteiger partial charge is 0.225 e. The second kappa shape index (κ2) is 6.61. The van der Waals surface area contributed by atoms with Crippen molar-refractivity contribution in [3.05, 3.63) is 34.5 Å². The molecule has 0 aliphatic carbocycles. The van der Waals surface area contributed by atoms with Crippen molar-refractivity contribution in [2.45, 2.75) is 19.3 Å². The van der Waals surface area contributed by atoms with Gasteiger partial charge in [0, 0.05) is 42.5 Å². The molecule has 0 bridgehead atoms. The summed E-state index contributed by atoms with van der Waals surface area (Å²) in [6.45, 7) is 2.60. The summed E-state index contributed by atoms with van der Waals surface area (Å²) in [7, 11) is 0. The van der Waals surface area contributed by atoms with E-state index in [9.17, 15) is 0 Å². The molecule has 0 radical (unpaired) electrons. The Balaban J connectivity index is 1.88. The molecule has 2 rings (SSSR count). The molecule has 0 amide bonds. The number of anilines is 1. The summed E-state index contributed by atoms with van der Waals surface area (Å²) in [5.74, 6) is 0.818. The number of hydrogen-bond donors (Lipinski definition) is 0. The fourth-order valence-corrected chi connectivity index (χ4v) is 1.89. The third-order valence-electron chi connectivity index (χ3n) is 2.82. The Kier molecular flexibility index (Phi) is 4.55. The van der Waals surface area contributed by atoms with Gasteiger partial charge in [-0.15, -0.1) is 0 Å². The summed E-state index contributed by atoms with van der Waals surface area (Å²) in [5, 5.41) is 3.46. The van der Waals surface area contributed by atoms with Crippen LogP contribution in [0.3, 0.4) is 0 Å². The molecule has 6 heteroatoms. The molecule has 1 aliphatic heterocycles. The van der Waals surface area contributed by atoms with Gasteiger partial charge in [0.2, 0.25) is 5.95 Å². The second-order valence-electron chi connectivity index (χ2n) is 4.16. The molecule has 0 saturated carbocycles. The Labute approximate surface area is 106 Å². The number of hydrogen-bond acceptors (Lipinski definition) is 4. The zero-order chi connectivity index (χ0) is 12.6. The van der Waals surface area contributed by atoms with Gasteiger partial charge in [0.05, 0.1) is 0 Å². The van der Waals surface area contributed by atoms with Crippen molar-refractivity contribution in [3.8, 4) is 0 Å². The van der Waals surface area contributed by atoms with Crippen molar-refractivity contribution in [2.75, 3.05) is 24.5 Å². The topological polar surface area (TPSA) is 77.8 Å². The van der Waals surface area contributed by atoms with Gasteiger partial charge in [-0.3, -0.25) is 0 Å². The molecule has 94 valence electrons. The summed E-state index contributed by atoms with van der Waals surface area (Å²) in [4.78, 5) is 13.6. The average molecular weight is 244 g/mol. The molecule has 0 N–H and O–H groups in total. The van der Waals surface area contributed by atoms with E-state index in [2.05, 4.69) is 24.9 Å². The first-order valence-corrected chi connectivity index (χ1v) is 6.14. The summed E-state index contributed by atoms with van der Waals surface area (Å²) >= 11 is 0. The quantitative estimate of drug-likeness (QED) is 0.346. The first-order chi connectivity index (χ1) is 8.90. The molecule has 1 fully saturated rings. The van der Waals surface area contributed by atoms with Crippen LogP contribution in [0.2, 0.25) is 0 Å². The second-order valence-corrected chi connectivity index (χ2v) is 4.16. The molecule has 0 unspecified atom stereocenters. The predicted octanol–water partition coefficient (Wildman–Crippen LogP) is 2.79. The third-order valence-corrected chi connectivity index (χ3v) is 2.82. The van der Waals surface area contributed by atoms with Crippen LogP contribution in [0.5, 0.6) is 0 Å². The molecule has 1 saturated heterocycles. The van der Waals surface area contributed by atoms with Crippen molar-refractivity contribution in [1.82, 2.24) is 9.97 Å². The minimum atomic E-state index is 0.486. The molecule has 2 heterocycles. The molecule has 1 aromatic rings. The van der Waals surface area contributed by atoms with Gasteiger partial charge in [0.15, 0.2) is 0 Å². The number of azide groups is 1. The van der Waals surface area contributed by atoms with E-state index in [-0.39, 0.29) is 0 Å². The van der Waals surface area contributed by atoms with Crippen LogP contribution >= 0.6 is 0 Å². The highest BCUT2D eigenvalue weighted by Crippen LogP contribution is 2.15. The van der Waals surface area contributed by atoms with Gasteiger partial charge >= 0.3 is 0 Å². The van der Waals surface area contributed by atoms with E-state index >= 15 is 0 Å². The monoisotopic (exact) mass is 244 g/mol. The molecule has 0 spiro atoms. The van der Waals surface area contributed by atoms with Crippen LogP contribution in [-0.2, 0) is 0 Å². The van der Waals surface area contributed by atoms with Gasteiger partial charge in [-0.05, 0) is 24.8 Å². The highest BCUT2D eigenvalue weighted by atomic mass is 15.3. The van der Waals surface area contributed by atoms with Crippen molar-refractivity contribution >= 4 is 12.0 Å². The van der Waals surface area contributed by atoms with Gasteiger partial charge in [0.25, 0.3) is 0 Å². The lowest BCUT2D eigenvalue weighted by atomic mass is 10.3. The van der Waals surface area contributed by atoms with Crippen LogP contribution in [0.15, 0.2) is 23.6 Å². The van der Waals surface area contributed by atoms with E-state index in [0.717, 1.165) is 31.0 Å². The predicted molar refractivity (Wildman–Crippen MR) is 71.1 cm³/mol. The normalized spacial score (nSPS) is 15.0. The minimum absolute atomic E-state index is 0.486. The minimum Gasteiger partial charge on any atom is -0.341 e. The zero-order valence-electron chi connectivity index (χ0n) is 10.2. The lowest BCUT2D eigenvalue weighted by molar-refractivity contribution is 0.897. The molecular formula is C12H16N6. The highest BCUT2D eigenvalue weighted by Gasteiger charge is 2.13. The summed E-state index contributed by atoms with van der Waals surface area (Å²) in [6, 6.07) is 0. The average Bonchev–Trinajstić information content (AvgIpc) is 2.93. The Morgan fingerprint density at radius 2 is 2.06 bits per heavy atom. The third kappa shape index (κ3) is 3.46. The number of rotatable bonds is 5. The van der Waals surface area contributed by atoms with Crippen LogP contribution in [0.25, 0.3) is 16.5 Å². The SMILES string of the molecule is [N-]=[N+]=NCCC=Cc1cnc(N2CCCC2)nc1. The van der Waals surface area contributed by atoms with Crippen LogP contribution in [-0.4, -0.2) is 29.6 Å². The van der Waals surface area contributed by atoms with Crippen molar-refractivity contribution in [3.63, 3.8) is 0 Å². The Bertz CT molecular complexity index is 440. The van der Waals surface area contributed by atoms with E-state index in [1.54, 1.807) is 0 Å². The van der Waals surface area contributed by atoms with E-state index in [1.165, 1.54) is 12.8 Å². The van der Waals surface area contributed by atoms with Crippen molar-refractivity contribution in [1.29, 1.82) is 0 Å². The van der Waals surface area contributed by atoms with Crippen LogP contribution < -0.4 is 4.90 Å². The molecule has 0 atom stereocenters. The van der Waals surface area contributed by atoms with Gasteiger partial charge < -0.3 is 4.90 Å². The van der Waals surface area contributed by atoms with Crippen LogP contribution in [0.4, 0.5) is 5.95 Å². The Hall–Kier alpha value is -2.07. The Morgan fingerprint density at radius 3 is 2.72 bits per heavy atom. The van der Waals surface area contributed by atoms with Crippen molar-refractivity contribution < 1.29 is 0 Å². The molecule has 6 nitrogen and oxygen atoms in total. The first-order valence-electron chi connectivity index (χ1n) is 6.14. The Morgan fingerprint density at radius 1 is 1.33 bits per heavy atom. The lowest BCUT2D eigenvalue weighted by Gasteiger charge is -2.14. The van der Waals surface area contributed by atoms with Crippen LogP contribution in [0, 0.1) is 0 Å². The van der Waals surface area contributed by atoms with E-state index < -0.39 is 0 Å². The maximum Gasteiger partial charge on any atom is 0.225 e. The highest BCUT2D eigenvalue weighted by molar-refractivity contribution is 5.48. The van der Waals surface area contributed by atoms with E-state index in [0.29, 0.717) is 6.54 Å².